The summed E-state index contributed by atoms with van der Waals surface area (Å²) in [5.74, 6) is 0.485. The Morgan fingerprint density at radius 1 is 0.967 bits per heavy atom. The van der Waals surface area contributed by atoms with Crippen LogP contribution >= 0.6 is 24.8 Å². The van der Waals surface area contributed by atoms with E-state index in [1.807, 2.05) is 13.0 Å². The maximum absolute atomic E-state index is 10.0. The third-order valence-electron chi connectivity index (χ3n) is 4.07. The van der Waals surface area contributed by atoms with Crippen LogP contribution in [0.25, 0.3) is 0 Å². The summed E-state index contributed by atoms with van der Waals surface area (Å²) in [7, 11) is 0.462. The zero-order valence-electron chi connectivity index (χ0n) is 20.8. The monoisotopic (exact) mass is 520 g/mol. The number of aryl methyl sites for hydroxylation is 1. The molecule has 0 spiro atoms. The van der Waals surface area contributed by atoms with E-state index in [-0.39, 0.29) is 51.9 Å². The first kappa shape index (κ1) is 37.5. The quantitative estimate of drug-likeness (QED) is 0.304. The zero-order chi connectivity index (χ0) is 21.4. The molecular formula is C24H42Cl2OSi2Ti-. The molecule has 0 amide bonds. The molecule has 2 rings (SSSR count). The number of phenolic OH excluding ortho intramolecular Hbond substituents is 1. The fourth-order valence-corrected chi connectivity index (χ4v) is 4.37. The van der Waals surface area contributed by atoms with Crippen molar-refractivity contribution in [1.82, 2.24) is 0 Å². The number of hydrogen-bond acceptors (Lipinski definition) is 1. The van der Waals surface area contributed by atoms with Crippen molar-refractivity contribution in [2.45, 2.75) is 86.5 Å². The molecule has 1 nitrogen and oxygen atoms in total. The van der Waals surface area contributed by atoms with Crippen LogP contribution in [0.5, 0.6) is 5.75 Å². The van der Waals surface area contributed by atoms with E-state index < -0.39 is 8.80 Å². The van der Waals surface area contributed by atoms with Gasteiger partial charge in [0.2, 0.25) is 0 Å². The van der Waals surface area contributed by atoms with Crippen LogP contribution in [0.4, 0.5) is 0 Å². The van der Waals surface area contributed by atoms with Crippen molar-refractivity contribution < 1.29 is 26.8 Å². The third kappa shape index (κ3) is 13.6. The van der Waals surface area contributed by atoms with Gasteiger partial charge in [0, 0.05) is 31.2 Å². The van der Waals surface area contributed by atoms with E-state index in [1.165, 1.54) is 16.3 Å². The summed E-state index contributed by atoms with van der Waals surface area (Å²) < 4.78 is 0. The van der Waals surface area contributed by atoms with E-state index in [9.17, 15) is 5.11 Å². The van der Waals surface area contributed by atoms with Crippen molar-refractivity contribution in [2.75, 3.05) is 0 Å². The standard InChI is InChI=1S/C13H21OSi.C9H13.C2H6Si.2ClH.Ti/c1-9-7-10(13(2,3)4)12(15(5)6)11(14)8-9;1-9(2,3)8-6-4-5-7-8;1-3-2;;;/h7-8,14H,1-6H3;4,6H,5H2,1-3H3;1-2H3;2*1H;/q;-1;;;;. The number of halogens is 2. The van der Waals surface area contributed by atoms with Gasteiger partial charge in [-0.25, -0.2) is 11.6 Å². The van der Waals surface area contributed by atoms with Crippen LogP contribution < -0.4 is 5.19 Å². The maximum Gasteiger partial charge on any atom is 0.115 e. The summed E-state index contributed by atoms with van der Waals surface area (Å²) in [6, 6.07) is 4.09. The van der Waals surface area contributed by atoms with Crippen LogP contribution in [0.3, 0.4) is 0 Å². The molecule has 0 aromatic heterocycles. The Kier molecular flexibility index (Phi) is 21.0. The normalized spacial score (nSPS) is 12.2. The van der Waals surface area contributed by atoms with Gasteiger partial charge in [0.05, 0.1) is 8.80 Å². The molecule has 1 aliphatic rings. The molecule has 30 heavy (non-hydrogen) atoms. The molecule has 1 aromatic rings. The molecule has 0 bridgehead atoms. The molecule has 0 saturated carbocycles. The first-order valence-corrected chi connectivity index (χ1v) is 14.3. The van der Waals surface area contributed by atoms with Crippen LogP contribution in [0.15, 0.2) is 29.9 Å². The number of benzene rings is 1. The summed E-state index contributed by atoms with van der Waals surface area (Å²) in [4.78, 5) is 0. The van der Waals surface area contributed by atoms with Crippen LogP contribution in [0.1, 0.15) is 59.1 Å². The molecule has 1 N–H and O–H groups in total. The first-order valence-electron chi connectivity index (χ1n) is 9.76. The van der Waals surface area contributed by atoms with Crippen LogP contribution in [0.2, 0.25) is 26.2 Å². The minimum absolute atomic E-state index is 0. The molecule has 1 aliphatic carbocycles. The average molecular weight is 522 g/mol. The van der Waals surface area contributed by atoms with Gasteiger partial charge in [-0.05, 0) is 40.1 Å². The number of aromatic hydroxyl groups is 1. The first-order chi connectivity index (χ1) is 12.3. The van der Waals surface area contributed by atoms with E-state index in [2.05, 4.69) is 92.0 Å². The predicted octanol–water partition coefficient (Wildman–Crippen LogP) is 7.31. The summed E-state index contributed by atoms with van der Waals surface area (Å²) in [5.41, 5.74) is 4.21. The number of hydrogen-bond donors (Lipinski definition) is 1. The Balaban J connectivity index is -0.000000195. The van der Waals surface area contributed by atoms with Crippen molar-refractivity contribution in [3.05, 3.63) is 47.1 Å². The summed E-state index contributed by atoms with van der Waals surface area (Å²) in [5, 5.41) is 11.2. The smallest absolute Gasteiger partial charge is 0.115 e. The van der Waals surface area contributed by atoms with Crippen molar-refractivity contribution in [1.29, 1.82) is 0 Å². The van der Waals surface area contributed by atoms with Crippen LogP contribution in [0, 0.1) is 18.4 Å². The Hall–Kier alpha value is 0.228. The zero-order valence-corrected chi connectivity index (χ0v) is 26.0. The van der Waals surface area contributed by atoms with Gasteiger partial charge in [0.1, 0.15) is 5.75 Å². The Bertz CT molecular complexity index is 658. The Labute approximate surface area is 218 Å². The van der Waals surface area contributed by atoms with Crippen LogP contribution in [-0.4, -0.2) is 23.4 Å². The van der Waals surface area contributed by atoms with Gasteiger partial charge in [0.15, 0.2) is 0 Å². The second kappa shape index (κ2) is 16.8. The van der Waals surface area contributed by atoms with E-state index >= 15 is 0 Å². The molecule has 6 heteroatoms. The van der Waals surface area contributed by atoms with E-state index in [0.717, 1.165) is 21.5 Å². The van der Waals surface area contributed by atoms with Crippen molar-refractivity contribution in [3.8, 4) is 5.75 Å². The average Bonchev–Trinajstić information content (AvgIpc) is 3.00. The van der Waals surface area contributed by atoms with Crippen molar-refractivity contribution in [2.24, 2.45) is 5.41 Å². The topological polar surface area (TPSA) is 20.2 Å². The maximum atomic E-state index is 10.0. The van der Waals surface area contributed by atoms with Gasteiger partial charge in [-0.3, -0.25) is 6.08 Å². The summed E-state index contributed by atoms with van der Waals surface area (Å²) >= 11 is 0. The minimum atomic E-state index is -0.621. The van der Waals surface area contributed by atoms with Gasteiger partial charge in [-0.15, -0.1) is 31.2 Å². The molecular weight excluding hydrogens is 479 g/mol. The fourth-order valence-electron chi connectivity index (χ4n) is 2.80. The van der Waals surface area contributed by atoms with Crippen molar-refractivity contribution >= 4 is 48.3 Å². The molecule has 0 atom stereocenters. The Morgan fingerprint density at radius 2 is 1.43 bits per heavy atom. The fraction of sp³-hybridized carbons (Fsp3) is 0.583. The predicted molar refractivity (Wildman–Crippen MR) is 141 cm³/mol. The van der Waals surface area contributed by atoms with Gasteiger partial charge >= 0.3 is 0 Å². The second-order valence-electron chi connectivity index (χ2n) is 9.40. The molecule has 0 unspecified atom stereocenters. The van der Waals surface area contributed by atoms with Crippen molar-refractivity contribution in [3.63, 3.8) is 0 Å². The number of allylic oxidation sites excluding steroid dienone is 4. The number of phenols is 1. The Morgan fingerprint density at radius 3 is 1.70 bits per heavy atom. The third-order valence-corrected chi connectivity index (χ3v) is 5.60. The van der Waals surface area contributed by atoms with Gasteiger partial charge in [-0.2, -0.15) is 6.08 Å². The van der Waals surface area contributed by atoms with E-state index in [1.54, 1.807) is 0 Å². The molecule has 0 fully saturated rings. The SMILES string of the molecule is CC(C)(C)C1=[C-]CC=C1.C[Si]C.Cc1cc(O)c([Si](C)C)c(C(C)(C)C)c1.Cl.Cl.[Ti]. The largest absolute Gasteiger partial charge is 0.508 e. The number of rotatable bonds is 1. The second-order valence-corrected chi connectivity index (χ2v) is 12.9. The van der Waals surface area contributed by atoms with Crippen LogP contribution in [-0.2, 0) is 27.1 Å². The summed E-state index contributed by atoms with van der Waals surface area (Å²) in [6.45, 7) is 24.0. The molecule has 0 heterocycles. The molecule has 171 valence electrons. The molecule has 0 aliphatic heterocycles. The van der Waals surface area contributed by atoms with Gasteiger partial charge < -0.3 is 5.11 Å². The van der Waals surface area contributed by atoms with Gasteiger partial charge in [-0.1, -0.05) is 73.8 Å². The van der Waals surface area contributed by atoms with Gasteiger partial charge in [0.25, 0.3) is 0 Å². The van der Waals surface area contributed by atoms with E-state index in [0.29, 0.717) is 11.2 Å². The molecule has 0 saturated heterocycles. The van der Waals surface area contributed by atoms with E-state index in [4.69, 9.17) is 0 Å². The molecule has 1 aromatic carbocycles. The summed E-state index contributed by atoms with van der Waals surface area (Å²) in [6.07, 6.45) is 8.63. The molecule has 3 radical (unpaired) electrons. The minimum Gasteiger partial charge on any atom is -0.508 e.